The van der Waals surface area contributed by atoms with E-state index < -0.39 is 6.04 Å². The van der Waals surface area contributed by atoms with Gasteiger partial charge in [0, 0.05) is 23.4 Å². The van der Waals surface area contributed by atoms with Crippen molar-refractivity contribution in [1.82, 2.24) is 15.1 Å². The molecule has 1 aromatic heterocycles. The Bertz CT molecular complexity index is 794. The number of nitrogens with one attached hydrogen (secondary N) is 1. The lowest BCUT2D eigenvalue weighted by Crippen LogP contribution is -2.48. The van der Waals surface area contributed by atoms with E-state index in [9.17, 15) is 9.59 Å². The van der Waals surface area contributed by atoms with E-state index in [1.165, 1.54) is 6.39 Å². The SMILES string of the molecule is CC12CCC(=O)N1C(C(=O)Nc1cccc(-c3nnco3)c1)CS2. The highest BCUT2D eigenvalue weighted by Crippen LogP contribution is 2.47. The highest BCUT2D eigenvalue weighted by atomic mass is 32.2. The van der Waals surface area contributed by atoms with Crippen molar-refractivity contribution in [3.8, 4) is 11.5 Å². The normalized spacial score (nSPS) is 25.8. The number of rotatable bonds is 3. The van der Waals surface area contributed by atoms with Gasteiger partial charge in [0.15, 0.2) is 0 Å². The van der Waals surface area contributed by atoms with E-state index in [1.807, 2.05) is 19.1 Å². The van der Waals surface area contributed by atoms with E-state index in [2.05, 4.69) is 15.5 Å². The van der Waals surface area contributed by atoms with Crippen molar-refractivity contribution >= 4 is 29.3 Å². The number of carbonyl (C=O) groups is 2. The van der Waals surface area contributed by atoms with Gasteiger partial charge >= 0.3 is 0 Å². The molecule has 2 aromatic rings. The molecule has 4 rings (SSSR count). The summed E-state index contributed by atoms with van der Waals surface area (Å²) in [6, 6.07) is 6.78. The zero-order valence-electron chi connectivity index (χ0n) is 13.1. The molecule has 2 unspecified atom stereocenters. The second-order valence-electron chi connectivity index (χ2n) is 6.08. The van der Waals surface area contributed by atoms with E-state index in [4.69, 9.17) is 4.42 Å². The number of anilines is 1. The average molecular weight is 344 g/mol. The highest BCUT2D eigenvalue weighted by Gasteiger charge is 2.52. The van der Waals surface area contributed by atoms with Crippen LogP contribution in [0.1, 0.15) is 19.8 Å². The van der Waals surface area contributed by atoms with Crippen molar-refractivity contribution < 1.29 is 14.0 Å². The first kappa shape index (κ1) is 15.2. The molecular formula is C16H16N4O3S. The minimum absolute atomic E-state index is 0.0576. The standard InChI is InChI=1S/C16H16N4O3S/c1-16-6-5-13(21)20(16)12(8-24-16)14(22)18-11-4-2-3-10(7-11)15-19-17-9-23-15/h2-4,7,9,12H,5-6,8H2,1H3,(H,18,22). The second kappa shape index (κ2) is 5.62. The van der Waals surface area contributed by atoms with Crippen LogP contribution in [0.4, 0.5) is 5.69 Å². The van der Waals surface area contributed by atoms with Crippen LogP contribution in [0.5, 0.6) is 0 Å². The number of carbonyl (C=O) groups excluding carboxylic acids is 2. The van der Waals surface area contributed by atoms with Gasteiger partial charge in [-0.2, -0.15) is 0 Å². The number of hydrogen-bond acceptors (Lipinski definition) is 6. The summed E-state index contributed by atoms with van der Waals surface area (Å²) < 4.78 is 5.17. The molecule has 2 atom stereocenters. The number of aromatic nitrogens is 2. The van der Waals surface area contributed by atoms with E-state index in [0.29, 0.717) is 23.8 Å². The van der Waals surface area contributed by atoms with Gasteiger partial charge in [-0.05, 0) is 31.5 Å². The van der Waals surface area contributed by atoms with Crippen molar-refractivity contribution in [2.24, 2.45) is 0 Å². The van der Waals surface area contributed by atoms with Crippen LogP contribution >= 0.6 is 11.8 Å². The van der Waals surface area contributed by atoms with E-state index in [0.717, 1.165) is 12.0 Å². The molecule has 2 aliphatic rings. The molecule has 8 heteroatoms. The topological polar surface area (TPSA) is 88.3 Å². The lowest BCUT2D eigenvalue weighted by molar-refractivity contribution is -0.135. The Morgan fingerprint density at radius 3 is 3.17 bits per heavy atom. The molecule has 0 bridgehead atoms. The molecule has 2 saturated heterocycles. The van der Waals surface area contributed by atoms with Crippen LogP contribution in [0.15, 0.2) is 35.1 Å². The lowest BCUT2D eigenvalue weighted by atomic mass is 10.1. The second-order valence-corrected chi connectivity index (χ2v) is 7.58. The van der Waals surface area contributed by atoms with Crippen LogP contribution in [0.2, 0.25) is 0 Å². The van der Waals surface area contributed by atoms with Crippen LogP contribution in [-0.2, 0) is 9.59 Å². The molecule has 7 nitrogen and oxygen atoms in total. The molecule has 0 spiro atoms. The van der Waals surface area contributed by atoms with Crippen molar-refractivity contribution in [1.29, 1.82) is 0 Å². The number of amides is 2. The molecule has 0 aliphatic carbocycles. The number of hydrogen-bond donors (Lipinski definition) is 1. The van der Waals surface area contributed by atoms with Gasteiger partial charge in [-0.1, -0.05) is 6.07 Å². The van der Waals surface area contributed by atoms with Gasteiger partial charge in [0.25, 0.3) is 0 Å². The monoisotopic (exact) mass is 344 g/mol. The molecule has 0 saturated carbocycles. The Morgan fingerprint density at radius 1 is 1.50 bits per heavy atom. The van der Waals surface area contributed by atoms with Crippen LogP contribution in [-0.4, -0.2) is 43.6 Å². The summed E-state index contributed by atoms with van der Waals surface area (Å²) in [5, 5.41) is 10.4. The van der Waals surface area contributed by atoms with Gasteiger partial charge in [-0.3, -0.25) is 9.59 Å². The molecule has 2 aliphatic heterocycles. The third-order valence-corrected chi connectivity index (χ3v) is 5.99. The van der Waals surface area contributed by atoms with E-state index >= 15 is 0 Å². The molecular weight excluding hydrogens is 328 g/mol. The smallest absolute Gasteiger partial charge is 0.248 e. The maximum atomic E-state index is 12.7. The summed E-state index contributed by atoms with van der Waals surface area (Å²) in [6.07, 6.45) is 2.57. The Morgan fingerprint density at radius 2 is 2.38 bits per heavy atom. The number of fused-ring (bicyclic) bond motifs is 1. The summed E-state index contributed by atoms with van der Waals surface area (Å²) in [5.41, 5.74) is 1.37. The predicted molar refractivity (Wildman–Crippen MR) is 89.1 cm³/mol. The van der Waals surface area contributed by atoms with Gasteiger partial charge in [-0.25, -0.2) is 0 Å². The number of nitrogens with zero attached hydrogens (tertiary/aromatic N) is 3. The van der Waals surface area contributed by atoms with Crippen molar-refractivity contribution in [3.05, 3.63) is 30.7 Å². The minimum Gasteiger partial charge on any atom is -0.423 e. The highest BCUT2D eigenvalue weighted by molar-refractivity contribution is 8.01. The van der Waals surface area contributed by atoms with Gasteiger partial charge in [0.2, 0.25) is 24.1 Å². The fourth-order valence-corrected chi connectivity index (χ4v) is 4.70. The third-order valence-electron chi connectivity index (χ3n) is 4.48. The van der Waals surface area contributed by atoms with Crippen LogP contribution in [0.3, 0.4) is 0 Å². The van der Waals surface area contributed by atoms with E-state index in [1.54, 1.807) is 28.8 Å². The number of thioether (sulfide) groups is 1. The molecule has 124 valence electrons. The van der Waals surface area contributed by atoms with E-state index in [-0.39, 0.29) is 16.7 Å². The molecule has 3 heterocycles. The summed E-state index contributed by atoms with van der Waals surface area (Å²) in [7, 11) is 0. The first-order valence-corrected chi connectivity index (χ1v) is 8.69. The molecule has 1 aromatic carbocycles. The Labute approximate surface area is 142 Å². The average Bonchev–Trinajstić information content (AvgIpc) is 3.26. The van der Waals surface area contributed by atoms with Gasteiger partial charge in [-0.15, -0.1) is 22.0 Å². The first-order valence-electron chi connectivity index (χ1n) is 7.70. The van der Waals surface area contributed by atoms with Crippen LogP contribution in [0.25, 0.3) is 11.5 Å². The molecule has 2 amide bonds. The van der Waals surface area contributed by atoms with Crippen molar-refractivity contribution in [2.75, 3.05) is 11.1 Å². The zero-order valence-corrected chi connectivity index (χ0v) is 13.9. The van der Waals surface area contributed by atoms with Crippen molar-refractivity contribution in [3.63, 3.8) is 0 Å². The van der Waals surface area contributed by atoms with Crippen molar-refractivity contribution in [2.45, 2.75) is 30.7 Å². The third kappa shape index (κ3) is 2.47. The van der Waals surface area contributed by atoms with Crippen LogP contribution < -0.4 is 5.32 Å². The molecule has 0 radical (unpaired) electrons. The Kier molecular flexibility index (Phi) is 3.56. The maximum Gasteiger partial charge on any atom is 0.248 e. The molecule has 2 fully saturated rings. The molecule has 1 N–H and O–H groups in total. The van der Waals surface area contributed by atoms with Gasteiger partial charge in [0.1, 0.15) is 6.04 Å². The lowest BCUT2D eigenvalue weighted by Gasteiger charge is -2.29. The first-order chi connectivity index (χ1) is 11.6. The fourth-order valence-electron chi connectivity index (χ4n) is 3.27. The predicted octanol–water partition coefficient (Wildman–Crippen LogP) is 2.13. The largest absolute Gasteiger partial charge is 0.423 e. The van der Waals surface area contributed by atoms with Gasteiger partial charge < -0.3 is 14.6 Å². The Balaban J connectivity index is 1.53. The molecule has 24 heavy (non-hydrogen) atoms. The summed E-state index contributed by atoms with van der Waals surface area (Å²) in [4.78, 5) is 26.3. The zero-order chi connectivity index (χ0) is 16.7. The Hall–Kier alpha value is -2.35. The number of benzene rings is 1. The van der Waals surface area contributed by atoms with Gasteiger partial charge in [0.05, 0.1) is 4.87 Å². The fraction of sp³-hybridized carbons (Fsp3) is 0.375. The minimum atomic E-state index is -0.429. The summed E-state index contributed by atoms with van der Waals surface area (Å²) in [5.74, 6) is 0.911. The van der Waals surface area contributed by atoms with Crippen LogP contribution in [0, 0.1) is 0 Å². The summed E-state index contributed by atoms with van der Waals surface area (Å²) in [6.45, 7) is 2.03. The quantitative estimate of drug-likeness (QED) is 0.918. The summed E-state index contributed by atoms with van der Waals surface area (Å²) >= 11 is 1.68. The maximum absolute atomic E-state index is 12.7.